The van der Waals surface area contributed by atoms with Crippen LogP contribution in [0.25, 0.3) is 0 Å². The van der Waals surface area contributed by atoms with Gasteiger partial charge in [0, 0.05) is 75.5 Å². The zero-order valence-corrected chi connectivity index (χ0v) is 38.6. The highest BCUT2D eigenvalue weighted by Crippen LogP contribution is 2.30. The van der Waals surface area contributed by atoms with Gasteiger partial charge in [0.2, 0.25) is 23.6 Å². The minimum Gasteiger partial charge on any atom is -0.379 e. The molecule has 0 aromatic heterocycles. The standard InChI is InChI=1S/C44H78N8O8/c1-13-31(4)39(51(10)43(56)38(30(2)3)48-44(49(6)7)50(8)9)36(57-11)29-37(53)52-23-17-20-35(52)40(58-12)32(5)41(54)47-34(28-33-18-15-14-16-19-33)42(55)46-22-25-60-27-26-59-24-21-45/h14-16,18-19,30-32,34-36,38-40H,13,17,20-29,45H2,1-12H3,(H,46,55)(H,47,54)/t31-,32+,34-,35-,36+,38?,39-,40+/m0/s1. The predicted molar refractivity (Wildman–Crippen MR) is 235 cm³/mol. The molecule has 1 aromatic rings. The average molecular weight is 847 g/mol. The molecule has 0 saturated carbocycles. The Kier molecular flexibility index (Phi) is 23.7. The highest BCUT2D eigenvalue weighted by atomic mass is 16.5. The van der Waals surface area contributed by atoms with E-state index in [1.165, 1.54) is 0 Å². The second kappa shape index (κ2) is 27.2. The van der Waals surface area contributed by atoms with Gasteiger partial charge in [-0.1, -0.05) is 71.4 Å². The van der Waals surface area contributed by atoms with Gasteiger partial charge in [-0.15, -0.1) is 0 Å². The molecular formula is C44H78N8O8. The van der Waals surface area contributed by atoms with Gasteiger partial charge in [0.05, 0.1) is 63.1 Å². The molecular weight excluding hydrogens is 769 g/mol. The number of carbonyl (C=O) groups excluding carboxylic acids is 4. The van der Waals surface area contributed by atoms with Gasteiger partial charge in [-0.05, 0) is 30.2 Å². The van der Waals surface area contributed by atoms with Crippen molar-refractivity contribution in [1.29, 1.82) is 0 Å². The number of aliphatic imine (C=N–C) groups is 1. The van der Waals surface area contributed by atoms with Gasteiger partial charge >= 0.3 is 0 Å². The van der Waals surface area contributed by atoms with E-state index in [2.05, 4.69) is 24.5 Å². The summed E-state index contributed by atoms with van der Waals surface area (Å²) >= 11 is 0. The number of nitrogens with one attached hydrogen (secondary N) is 2. The number of benzene rings is 1. The molecule has 1 aromatic carbocycles. The molecule has 0 aliphatic carbocycles. The summed E-state index contributed by atoms with van der Waals surface area (Å²) in [5, 5.41) is 5.87. The third-order valence-corrected chi connectivity index (χ3v) is 11.3. The summed E-state index contributed by atoms with van der Waals surface area (Å²) in [5.41, 5.74) is 6.34. The molecule has 1 aliphatic heterocycles. The first kappa shape index (κ1) is 52.3. The van der Waals surface area contributed by atoms with Crippen LogP contribution in [-0.4, -0.2) is 181 Å². The Labute approximate surface area is 360 Å². The third kappa shape index (κ3) is 15.9. The van der Waals surface area contributed by atoms with Crippen LogP contribution in [0.15, 0.2) is 35.3 Å². The van der Waals surface area contributed by atoms with E-state index < -0.39 is 36.3 Å². The van der Waals surface area contributed by atoms with Crippen molar-refractivity contribution >= 4 is 29.6 Å². The summed E-state index contributed by atoms with van der Waals surface area (Å²) < 4.78 is 23.0. The topological polar surface area (TPSA) is 181 Å². The number of likely N-dealkylation sites (N-methyl/N-ethyl adjacent to an activating group) is 1. The van der Waals surface area contributed by atoms with Crippen LogP contribution in [0.2, 0.25) is 0 Å². The fourth-order valence-corrected chi connectivity index (χ4v) is 7.90. The van der Waals surface area contributed by atoms with E-state index in [9.17, 15) is 19.2 Å². The number of carbonyl (C=O) groups is 4. The molecule has 0 bridgehead atoms. The Bertz CT molecular complexity index is 1450. The van der Waals surface area contributed by atoms with Gasteiger partial charge in [-0.3, -0.25) is 19.2 Å². The monoisotopic (exact) mass is 847 g/mol. The van der Waals surface area contributed by atoms with Gasteiger partial charge in [0.1, 0.15) is 12.1 Å². The van der Waals surface area contributed by atoms with Crippen LogP contribution in [0.1, 0.15) is 65.9 Å². The Hall–Kier alpha value is -3.83. The minimum atomic E-state index is -0.855. The summed E-state index contributed by atoms with van der Waals surface area (Å²) in [4.78, 5) is 68.3. The first-order valence-corrected chi connectivity index (χ1v) is 21.6. The number of hydrogen-bond donors (Lipinski definition) is 3. The smallest absolute Gasteiger partial charge is 0.247 e. The first-order valence-electron chi connectivity index (χ1n) is 21.6. The van der Waals surface area contributed by atoms with Crippen molar-refractivity contribution in [3.05, 3.63) is 35.9 Å². The van der Waals surface area contributed by atoms with Crippen LogP contribution in [0.5, 0.6) is 0 Å². The molecule has 4 amide bonds. The van der Waals surface area contributed by atoms with Crippen LogP contribution in [0.3, 0.4) is 0 Å². The van der Waals surface area contributed by atoms with Crippen LogP contribution in [0, 0.1) is 17.8 Å². The van der Waals surface area contributed by atoms with E-state index in [4.69, 9.17) is 29.7 Å². The van der Waals surface area contributed by atoms with Gasteiger partial charge < -0.3 is 54.9 Å². The summed E-state index contributed by atoms with van der Waals surface area (Å²) in [6.45, 7) is 12.6. The lowest BCUT2D eigenvalue weighted by Crippen LogP contribution is -2.55. The fourth-order valence-electron chi connectivity index (χ4n) is 7.90. The quantitative estimate of drug-likeness (QED) is 0.0708. The number of rotatable bonds is 26. The maximum atomic E-state index is 14.3. The normalized spacial score (nSPS) is 17.5. The van der Waals surface area contributed by atoms with E-state index in [0.29, 0.717) is 45.3 Å². The summed E-state index contributed by atoms with van der Waals surface area (Å²) in [6.07, 6.45) is 1.23. The van der Waals surface area contributed by atoms with Crippen LogP contribution in [-0.2, 0) is 44.5 Å². The largest absolute Gasteiger partial charge is 0.379 e. The van der Waals surface area contributed by atoms with E-state index in [0.717, 1.165) is 18.4 Å². The summed E-state index contributed by atoms with van der Waals surface area (Å²) in [6, 6.07) is 7.21. The number of ether oxygens (including phenoxy) is 4. The van der Waals surface area contributed by atoms with Crippen molar-refractivity contribution in [3.63, 3.8) is 0 Å². The Morgan fingerprint density at radius 3 is 2.08 bits per heavy atom. The van der Waals surface area contributed by atoms with Crippen LogP contribution in [0.4, 0.5) is 0 Å². The highest BCUT2D eigenvalue weighted by molar-refractivity contribution is 5.89. The van der Waals surface area contributed by atoms with Crippen molar-refractivity contribution in [2.45, 2.75) is 103 Å². The highest BCUT2D eigenvalue weighted by Gasteiger charge is 2.43. The molecule has 1 heterocycles. The maximum absolute atomic E-state index is 14.3. The molecule has 16 nitrogen and oxygen atoms in total. The third-order valence-electron chi connectivity index (χ3n) is 11.3. The molecule has 1 saturated heterocycles. The summed E-state index contributed by atoms with van der Waals surface area (Å²) in [7, 11) is 12.5. The number of hydrogen-bond acceptors (Lipinski definition) is 10. The van der Waals surface area contributed by atoms with Crippen LogP contribution < -0.4 is 16.4 Å². The van der Waals surface area contributed by atoms with E-state index in [1.807, 2.05) is 82.2 Å². The molecule has 1 aliphatic rings. The lowest BCUT2D eigenvalue weighted by atomic mass is 9.89. The van der Waals surface area contributed by atoms with Crippen molar-refractivity contribution in [1.82, 2.24) is 30.2 Å². The van der Waals surface area contributed by atoms with Crippen molar-refractivity contribution in [3.8, 4) is 0 Å². The molecule has 0 radical (unpaired) electrons. The number of likely N-dealkylation sites (tertiary alicyclic amines) is 1. The fraction of sp³-hybridized carbons (Fsp3) is 0.750. The zero-order chi connectivity index (χ0) is 44.9. The van der Waals surface area contributed by atoms with Crippen LogP contribution >= 0.6 is 0 Å². The van der Waals surface area contributed by atoms with Crippen molar-refractivity contribution in [2.24, 2.45) is 28.5 Å². The van der Waals surface area contributed by atoms with E-state index >= 15 is 0 Å². The second-order valence-corrected chi connectivity index (χ2v) is 16.6. The molecule has 2 rings (SSSR count). The molecule has 0 spiro atoms. The number of nitrogens with zero attached hydrogens (tertiary/aromatic N) is 5. The van der Waals surface area contributed by atoms with Gasteiger partial charge in [-0.25, -0.2) is 4.99 Å². The average Bonchev–Trinajstić information content (AvgIpc) is 3.71. The predicted octanol–water partition coefficient (Wildman–Crippen LogP) is 2.25. The molecule has 16 heteroatoms. The number of methoxy groups -OCH3 is 2. The molecule has 1 fully saturated rings. The molecule has 60 heavy (non-hydrogen) atoms. The van der Waals surface area contributed by atoms with E-state index in [1.54, 1.807) is 38.0 Å². The summed E-state index contributed by atoms with van der Waals surface area (Å²) in [5.74, 6) is -1.05. The maximum Gasteiger partial charge on any atom is 0.247 e. The van der Waals surface area contributed by atoms with Gasteiger partial charge in [-0.2, -0.15) is 0 Å². The molecule has 8 atom stereocenters. The Balaban J connectivity index is 2.25. The zero-order valence-electron chi connectivity index (χ0n) is 38.6. The second-order valence-electron chi connectivity index (χ2n) is 16.6. The van der Waals surface area contributed by atoms with E-state index in [-0.39, 0.29) is 67.5 Å². The molecule has 342 valence electrons. The SMILES string of the molecule is CC[C@H](C)[C@@H]([C@@H](CC(=O)N1CCC[C@H]1[C@H](OC)[C@@H](C)C(=O)N[C@@H](Cc1ccccc1)C(=O)NCCOCCOCCN)OC)N(C)C(=O)C(N=C(N(C)C)N(C)C)C(C)C. The first-order chi connectivity index (χ1) is 28.5. The lowest BCUT2D eigenvalue weighted by molar-refractivity contribution is -0.146. The van der Waals surface area contributed by atoms with Crippen molar-refractivity contribution < 1.29 is 38.1 Å². The number of nitrogens with two attached hydrogens (primary N) is 1. The Morgan fingerprint density at radius 2 is 1.53 bits per heavy atom. The molecule has 4 N–H and O–H groups in total. The van der Waals surface area contributed by atoms with Crippen molar-refractivity contribution in [2.75, 3.05) is 95.5 Å². The number of amides is 4. The Morgan fingerprint density at radius 1 is 0.900 bits per heavy atom. The lowest BCUT2D eigenvalue weighted by Gasteiger charge is -2.40. The molecule has 1 unspecified atom stereocenters. The minimum absolute atomic E-state index is 0.00935. The van der Waals surface area contributed by atoms with Gasteiger partial charge in [0.25, 0.3) is 0 Å². The van der Waals surface area contributed by atoms with Gasteiger partial charge in [0.15, 0.2) is 5.96 Å². The number of guanidine groups is 1.